The third-order valence-corrected chi connectivity index (χ3v) is 4.98. The number of hydrogen-bond donors (Lipinski definition) is 0. The Morgan fingerprint density at radius 2 is 1.77 bits per heavy atom. The van der Waals surface area contributed by atoms with Gasteiger partial charge in [-0.1, -0.05) is 24.3 Å². The first kappa shape index (κ1) is 15.0. The highest BCUT2D eigenvalue weighted by atomic mass is 15.0. The molecule has 0 saturated heterocycles. The van der Waals surface area contributed by atoms with Gasteiger partial charge in [0.2, 0.25) is 0 Å². The lowest BCUT2D eigenvalue weighted by Crippen LogP contribution is -1.97. The van der Waals surface area contributed by atoms with Crippen molar-refractivity contribution in [1.82, 2.24) is 19.4 Å². The Balaban J connectivity index is 1.50. The molecule has 0 aliphatic heterocycles. The van der Waals surface area contributed by atoms with Crippen LogP contribution in [0, 0.1) is 6.92 Å². The second kappa shape index (κ2) is 5.92. The van der Waals surface area contributed by atoms with E-state index < -0.39 is 0 Å². The summed E-state index contributed by atoms with van der Waals surface area (Å²) in [6.07, 6.45) is 5.66. The summed E-state index contributed by atoms with van der Waals surface area (Å²) in [5, 5.41) is 2.42. The van der Waals surface area contributed by atoms with Gasteiger partial charge in [0.15, 0.2) is 0 Å². The molecule has 0 aliphatic carbocycles. The Hall–Kier alpha value is -3.27. The molecule has 26 heavy (non-hydrogen) atoms. The van der Waals surface area contributed by atoms with Crippen molar-refractivity contribution in [2.45, 2.75) is 19.8 Å². The number of pyridine rings is 3. The van der Waals surface area contributed by atoms with Gasteiger partial charge in [0.1, 0.15) is 5.65 Å². The quantitative estimate of drug-likeness (QED) is 0.485. The summed E-state index contributed by atoms with van der Waals surface area (Å²) in [5.41, 5.74) is 6.33. The summed E-state index contributed by atoms with van der Waals surface area (Å²) in [7, 11) is 0. The van der Waals surface area contributed by atoms with E-state index in [4.69, 9.17) is 9.97 Å². The van der Waals surface area contributed by atoms with E-state index in [1.807, 2.05) is 18.2 Å². The molecule has 0 atom stereocenters. The van der Waals surface area contributed by atoms with Gasteiger partial charge in [-0.3, -0.25) is 9.97 Å². The van der Waals surface area contributed by atoms with Crippen molar-refractivity contribution in [1.29, 1.82) is 0 Å². The Labute approximate surface area is 151 Å². The van der Waals surface area contributed by atoms with E-state index >= 15 is 0 Å². The van der Waals surface area contributed by atoms with Crippen molar-refractivity contribution in [2.75, 3.05) is 0 Å². The molecule has 0 amide bonds. The van der Waals surface area contributed by atoms with Gasteiger partial charge in [0.05, 0.1) is 16.7 Å². The zero-order chi connectivity index (χ0) is 17.5. The fourth-order valence-corrected chi connectivity index (χ4v) is 3.56. The fourth-order valence-electron chi connectivity index (χ4n) is 3.56. The van der Waals surface area contributed by atoms with Crippen LogP contribution in [-0.4, -0.2) is 19.4 Å². The lowest BCUT2D eigenvalue weighted by atomic mass is 10.1. The molecular weight excluding hydrogens is 320 g/mol. The van der Waals surface area contributed by atoms with Gasteiger partial charge in [-0.25, -0.2) is 4.98 Å². The van der Waals surface area contributed by atoms with Crippen LogP contribution in [0.15, 0.2) is 67.0 Å². The summed E-state index contributed by atoms with van der Waals surface area (Å²) >= 11 is 0. The molecule has 4 nitrogen and oxygen atoms in total. The Bertz CT molecular complexity index is 1250. The SMILES string of the molecule is Cc1c(CCc2ccc3ncccc3n2)nc2c3ccccc3ccn12. The van der Waals surface area contributed by atoms with E-state index in [0.29, 0.717) is 0 Å². The number of rotatable bonds is 3. The highest BCUT2D eigenvalue weighted by Crippen LogP contribution is 2.22. The van der Waals surface area contributed by atoms with E-state index in [-0.39, 0.29) is 0 Å². The van der Waals surface area contributed by atoms with Crippen LogP contribution in [0.2, 0.25) is 0 Å². The molecule has 4 aromatic heterocycles. The molecule has 0 spiro atoms. The summed E-state index contributed by atoms with van der Waals surface area (Å²) in [6.45, 7) is 2.14. The maximum absolute atomic E-state index is 4.94. The number of hydrogen-bond acceptors (Lipinski definition) is 3. The zero-order valence-electron chi connectivity index (χ0n) is 14.6. The summed E-state index contributed by atoms with van der Waals surface area (Å²) in [5.74, 6) is 0. The van der Waals surface area contributed by atoms with Crippen LogP contribution in [0.1, 0.15) is 17.1 Å². The number of aromatic nitrogens is 4. The third kappa shape index (κ3) is 2.42. The van der Waals surface area contributed by atoms with Gasteiger partial charge in [0.25, 0.3) is 0 Å². The van der Waals surface area contributed by atoms with E-state index in [0.717, 1.165) is 40.9 Å². The minimum atomic E-state index is 0.869. The number of benzene rings is 1. The molecule has 0 bridgehead atoms. The summed E-state index contributed by atoms with van der Waals surface area (Å²) < 4.78 is 2.19. The van der Waals surface area contributed by atoms with Crippen molar-refractivity contribution >= 4 is 27.5 Å². The highest BCUT2D eigenvalue weighted by Gasteiger charge is 2.11. The number of aryl methyl sites for hydroxylation is 3. The largest absolute Gasteiger partial charge is 0.304 e. The van der Waals surface area contributed by atoms with Crippen LogP contribution in [0.25, 0.3) is 27.5 Å². The molecule has 0 N–H and O–H groups in total. The second-order valence-corrected chi connectivity index (χ2v) is 6.58. The predicted molar refractivity (Wildman–Crippen MR) is 104 cm³/mol. The van der Waals surface area contributed by atoms with Crippen LogP contribution < -0.4 is 0 Å². The zero-order valence-corrected chi connectivity index (χ0v) is 14.6. The monoisotopic (exact) mass is 338 g/mol. The Morgan fingerprint density at radius 1 is 0.846 bits per heavy atom. The number of fused-ring (bicyclic) bond motifs is 4. The van der Waals surface area contributed by atoms with Gasteiger partial charge in [0, 0.05) is 29.2 Å². The van der Waals surface area contributed by atoms with Gasteiger partial charge in [-0.05, 0) is 55.5 Å². The smallest absolute Gasteiger partial charge is 0.145 e. The molecule has 4 heteroatoms. The first-order valence-corrected chi connectivity index (χ1v) is 8.85. The van der Waals surface area contributed by atoms with Crippen molar-refractivity contribution in [3.8, 4) is 0 Å². The average molecular weight is 338 g/mol. The van der Waals surface area contributed by atoms with Gasteiger partial charge in [-0.15, -0.1) is 0 Å². The normalized spacial score (nSPS) is 11.6. The van der Waals surface area contributed by atoms with Crippen LogP contribution in [-0.2, 0) is 12.8 Å². The molecule has 5 aromatic rings. The molecule has 126 valence electrons. The Kier molecular flexibility index (Phi) is 3.42. The molecule has 0 unspecified atom stereocenters. The minimum absolute atomic E-state index is 0.869. The number of imidazole rings is 1. The minimum Gasteiger partial charge on any atom is -0.304 e. The maximum atomic E-state index is 4.94. The first-order valence-electron chi connectivity index (χ1n) is 8.85. The van der Waals surface area contributed by atoms with Gasteiger partial charge < -0.3 is 4.40 Å². The standard InChI is InChI=1S/C22H18N4/c1-15-19(10-8-17-9-11-20-21(24-17)7-4-13-23-20)25-22-18-6-3-2-5-16(18)12-14-26(15)22/h2-7,9,11-14H,8,10H2,1H3. The van der Waals surface area contributed by atoms with Crippen molar-refractivity contribution in [3.05, 3.63) is 84.1 Å². The summed E-state index contributed by atoms with van der Waals surface area (Å²) in [4.78, 5) is 14.0. The number of nitrogens with zero attached hydrogens (tertiary/aromatic N) is 4. The molecular formula is C22H18N4. The first-order chi connectivity index (χ1) is 12.8. The molecule has 1 aromatic carbocycles. The van der Waals surface area contributed by atoms with Crippen molar-refractivity contribution in [3.63, 3.8) is 0 Å². The molecule has 0 aliphatic rings. The third-order valence-electron chi connectivity index (χ3n) is 4.98. The van der Waals surface area contributed by atoms with E-state index in [1.165, 1.54) is 16.5 Å². The van der Waals surface area contributed by atoms with Gasteiger partial charge >= 0.3 is 0 Å². The van der Waals surface area contributed by atoms with Crippen molar-refractivity contribution in [2.24, 2.45) is 0 Å². The molecule has 4 heterocycles. The van der Waals surface area contributed by atoms with Crippen LogP contribution in [0.5, 0.6) is 0 Å². The average Bonchev–Trinajstić information content (AvgIpc) is 3.02. The van der Waals surface area contributed by atoms with Gasteiger partial charge in [-0.2, -0.15) is 0 Å². The maximum Gasteiger partial charge on any atom is 0.145 e. The molecule has 0 fully saturated rings. The lowest BCUT2D eigenvalue weighted by Gasteiger charge is -2.02. The van der Waals surface area contributed by atoms with Crippen LogP contribution in [0.4, 0.5) is 0 Å². The molecule has 0 radical (unpaired) electrons. The van der Waals surface area contributed by atoms with E-state index in [2.05, 4.69) is 58.9 Å². The van der Waals surface area contributed by atoms with E-state index in [9.17, 15) is 0 Å². The lowest BCUT2D eigenvalue weighted by molar-refractivity contribution is 0.884. The van der Waals surface area contributed by atoms with Crippen molar-refractivity contribution < 1.29 is 0 Å². The predicted octanol–water partition coefficient (Wildman–Crippen LogP) is 4.52. The van der Waals surface area contributed by atoms with Crippen LogP contribution in [0.3, 0.4) is 0 Å². The molecule has 0 saturated carbocycles. The highest BCUT2D eigenvalue weighted by molar-refractivity contribution is 5.94. The van der Waals surface area contributed by atoms with E-state index in [1.54, 1.807) is 6.20 Å². The summed E-state index contributed by atoms with van der Waals surface area (Å²) in [6, 6.07) is 18.6. The second-order valence-electron chi connectivity index (χ2n) is 6.58. The molecule has 5 rings (SSSR count). The Morgan fingerprint density at radius 3 is 2.73 bits per heavy atom. The van der Waals surface area contributed by atoms with Crippen LogP contribution >= 0.6 is 0 Å². The fraction of sp³-hybridized carbons (Fsp3) is 0.136. The topological polar surface area (TPSA) is 43.1 Å².